The molecule has 0 saturated carbocycles. The van der Waals surface area contributed by atoms with Crippen molar-refractivity contribution >= 4 is 0 Å². The van der Waals surface area contributed by atoms with Crippen LogP contribution in [0.2, 0.25) is 0 Å². The second kappa shape index (κ2) is 5.14. The summed E-state index contributed by atoms with van der Waals surface area (Å²) in [5, 5.41) is 0. The zero-order chi connectivity index (χ0) is 7.94. The Labute approximate surface area is 69.4 Å². The van der Waals surface area contributed by atoms with Crippen LogP contribution in [0.25, 0.3) is 0 Å². The van der Waals surface area contributed by atoms with Crippen LogP contribution in [0, 0.1) is 0 Å². The Morgan fingerprint density at radius 2 is 1.91 bits per heavy atom. The van der Waals surface area contributed by atoms with E-state index in [2.05, 4.69) is 36.1 Å². The lowest BCUT2D eigenvalue weighted by atomic mass is 10.2. The van der Waals surface area contributed by atoms with Crippen LogP contribution in [-0.2, 0) is 0 Å². The first-order valence-corrected chi connectivity index (χ1v) is 4.47. The van der Waals surface area contributed by atoms with Gasteiger partial charge in [0.15, 0.2) is 0 Å². The summed E-state index contributed by atoms with van der Waals surface area (Å²) >= 11 is 0. The highest BCUT2D eigenvalue weighted by Gasteiger charge is 2.10. The van der Waals surface area contributed by atoms with Crippen molar-refractivity contribution in [1.29, 1.82) is 0 Å². The van der Waals surface area contributed by atoms with Crippen LogP contribution in [0.3, 0.4) is 0 Å². The third-order valence-electron chi connectivity index (χ3n) is 1.93. The first-order chi connectivity index (χ1) is 5.43. The van der Waals surface area contributed by atoms with Crippen molar-refractivity contribution in [3.05, 3.63) is 24.3 Å². The Bertz CT molecular complexity index is 143. The van der Waals surface area contributed by atoms with E-state index in [1.165, 1.54) is 19.5 Å². The third-order valence-corrected chi connectivity index (χ3v) is 1.93. The number of hydrogen-bond acceptors (Lipinski definition) is 1. The molecule has 0 atom stereocenters. The van der Waals surface area contributed by atoms with E-state index < -0.39 is 0 Å². The molecule has 1 saturated heterocycles. The summed E-state index contributed by atoms with van der Waals surface area (Å²) in [4.78, 5) is 2.44. The molecule has 0 spiro atoms. The van der Waals surface area contributed by atoms with Crippen molar-refractivity contribution in [3.63, 3.8) is 0 Å². The zero-order valence-electron chi connectivity index (χ0n) is 7.29. The summed E-state index contributed by atoms with van der Waals surface area (Å²) in [6.45, 7) is 5.87. The molecule has 0 aromatic heterocycles. The van der Waals surface area contributed by atoms with Crippen LogP contribution in [0.4, 0.5) is 0 Å². The Morgan fingerprint density at radius 3 is 2.45 bits per heavy atom. The fourth-order valence-corrected chi connectivity index (χ4v) is 1.07. The average Bonchev–Trinajstić information content (AvgIpc) is 1.93. The van der Waals surface area contributed by atoms with Gasteiger partial charge in [-0.05, 0) is 25.9 Å². The molecule has 0 bridgehead atoms. The lowest BCUT2D eigenvalue weighted by Gasteiger charge is -2.29. The van der Waals surface area contributed by atoms with E-state index >= 15 is 0 Å². The molecule has 0 aromatic carbocycles. The predicted molar refractivity (Wildman–Crippen MR) is 49.6 cm³/mol. The van der Waals surface area contributed by atoms with Crippen LogP contribution >= 0.6 is 0 Å². The maximum Gasteiger partial charge on any atom is 0.0166 e. The highest BCUT2D eigenvalue weighted by Crippen LogP contribution is 2.04. The van der Waals surface area contributed by atoms with Crippen LogP contribution < -0.4 is 0 Å². The SMILES string of the molecule is CC/C=C\C=C/CN1CCC1. The van der Waals surface area contributed by atoms with Crippen LogP contribution in [-0.4, -0.2) is 24.5 Å². The van der Waals surface area contributed by atoms with Gasteiger partial charge in [-0.25, -0.2) is 0 Å². The molecule has 1 heterocycles. The Balaban J connectivity index is 2.00. The van der Waals surface area contributed by atoms with Gasteiger partial charge in [0, 0.05) is 6.54 Å². The molecule has 1 nitrogen and oxygen atoms in total. The molecule has 1 rings (SSSR count). The fourth-order valence-electron chi connectivity index (χ4n) is 1.07. The molecule has 1 fully saturated rings. The van der Waals surface area contributed by atoms with E-state index in [1.54, 1.807) is 0 Å². The molecule has 0 aromatic rings. The van der Waals surface area contributed by atoms with Gasteiger partial charge in [-0.3, -0.25) is 4.90 Å². The quantitative estimate of drug-likeness (QED) is 0.557. The summed E-state index contributed by atoms with van der Waals surface area (Å²) in [6.07, 6.45) is 11.2. The normalized spacial score (nSPS) is 19.7. The minimum Gasteiger partial charge on any atom is -0.300 e. The monoisotopic (exact) mass is 151 g/mol. The molecule has 1 aliphatic heterocycles. The molecule has 1 aliphatic rings. The molecule has 0 unspecified atom stereocenters. The molecule has 11 heavy (non-hydrogen) atoms. The molecule has 62 valence electrons. The summed E-state index contributed by atoms with van der Waals surface area (Å²) in [5.41, 5.74) is 0. The molecular weight excluding hydrogens is 134 g/mol. The van der Waals surface area contributed by atoms with Crippen molar-refractivity contribution in [2.24, 2.45) is 0 Å². The smallest absolute Gasteiger partial charge is 0.0166 e. The van der Waals surface area contributed by atoms with E-state index in [4.69, 9.17) is 0 Å². The number of rotatable bonds is 4. The molecule has 0 N–H and O–H groups in total. The van der Waals surface area contributed by atoms with Gasteiger partial charge >= 0.3 is 0 Å². The second-order valence-corrected chi connectivity index (χ2v) is 2.92. The van der Waals surface area contributed by atoms with Crippen LogP contribution in [0.1, 0.15) is 19.8 Å². The van der Waals surface area contributed by atoms with Crippen molar-refractivity contribution in [1.82, 2.24) is 4.90 Å². The van der Waals surface area contributed by atoms with Crippen molar-refractivity contribution < 1.29 is 0 Å². The second-order valence-electron chi connectivity index (χ2n) is 2.92. The van der Waals surface area contributed by atoms with E-state index in [9.17, 15) is 0 Å². The van der Waals surface area contributed by atoms with Gasteiger partial charge in [-0.1, -0.05) is 31.2 Å². The number of likely N-dealkylation sites (tertiary alicyclic amines) is 1. The number of nitrogens with zero attached hydrogens (tertiary/aromatic N) is 1. The summed E-state index contributed by atoms with van der Waals surface area (Å²) in [5.74, 6) is 0. The minimum absolute atomic E-state index is 1.13. The van der Waals surface area contributed by atoms with E-state index in [0.717, 1.165) is 13.0 Å². The summed E-state index contributed by atoms with van der Waals surface area (Å²) in [7, 11) is 0. The van der Waals surface area contributed by atoms with Gasteiger partial charge in [0.25, 0.3) is 0 Å². The minimum atomic E-state index is 1.13. The van der Waals surface area contributed by atoms with Crippen molar-refractivity contribution in [2.75, 3.05) is 19.6 Å². The van der Waals surface area contributed by atoms with Gasteiger partial charge < -0.3 is 0 Å². The predicted octanol–water partition coefficient (Wildman–Crippen LogP) is 2.21. The Hall–Kier alpha value is -0.560. The molecule has 1 heteroatoms. The third kappa shape index (κ3) is 3.38. The highest BCUT2D eigenvalue weighted by molar-refractivity contribution is 5.03. The summed E-state index contributed by atoms with van der Waals surface area (Å²) in [6, 6.07) is 0. The topological polar surface area (TPSA) is 3.24 Å². The largest absolute Gasteiger partial charge is 0.300 e. The molecule has 0 aliphatic carbocycles. The maximum absolute atomic E-state index is 2.44. The molecule has 0 amide bonds. The molecule has 0 radical (unpaired) electrons. The van der Waals surface area contributed by atoms with Crippen molar-refractivity contribution in [3.8, 4) is 0 Å². The van der Waals surface area contributed by atoms with Crippen molar-refractivity contribution in [2.45, 2.75) is 19.8 Å². The van der Waals surface area contributed by atoms with E-state index in [-0.39, 0.29) is 0 Å². The highest BCUT2D eigenvalue weighted by atomic mass is 15.2. The van der Waals surface area contributed by atoms with Gasteiger partial charge in [-0.15, -0.1) is 0 Å². The van der Waals surface area contributed by atoms with Gasteiger partial charge in [0.1, 0.15) is 0 Å². The van der Waals surface area contributed by atoms with Gasteiger partial charge in [-0.2, -0.15) is 0 Å². The molecular formula is C10H17N. The maximum atomic E-state index is 2.44. The van der Waals surface area contributed by atoms with E-state index in [1.807, 2.05) is 0 Å². The van der Waals surface area contributed by atoms with Gasteiger partial charge in [0.2, 0.25) is 0 Å². The summed E-state index contributed by atoms with van der Waals surface area (Å²) < 4.78 is 0. The Morgan fingerprint density at radius 1 is 1.18 bits per heavy atom. The fraction of sp³-hybridized carbons (Fsp3) is 0.600. The Kier molecular flexibility index (Phi) is 3.99. The first-order valence-electron chi connectivity index (χ1n) is 4.47. The number of allylic oxidation sites excluding steroid dienone is 3. The van der Waals surface area contributed by atoms with Gasteiger partial charge in [0.05, 0.1) is 0 Å². The standard InChI is InChI=1S/C10H17N/c1-2-3-4-5-6-8-11-9-7-10-11/h3-6H,2,7-10H2,1H3/b4-3-,6-5-. The van der Waals surface area contributed by atoms with Crippen LogP contribution in [0.15, 0.2) is 24.3 Å². The lowest BCUT2D eigenvalue weighted by molar-refractivity contribution is 0.203. The average molecular weight is 151 g/mol. The lowest BCUT2D eigenvalue weighted by Crippen LogP contribution is -2.36. The number of hydrogen-bond donors (Lipinski definition) is 0. The van der Waals surface area contributed by atoms with Crippen LogP contribution in [0.5, 0.6) is 0 Å². The first kappa shape index (κ1) is 8.54. The van der Waals surface area contributed by atoms with E-state index in [0.29, 0.717) is 0 Å². The zero-order valence-corrected chi connectivity index (χ0v) is 7.29.